The Morgan fingerprint density at radius 2 is 1.72 bits per heavy atom. The molecule has 1 saturated carbocycles. The maximum atomic E-state index is 12.6. The number of rotatable bonds is 5. The lowest BCUT2D eigenvalue weighted by atomic mass is 9.73. The van der Waals surface area contributed by atoms with Crippen molar-refractivity contribution in [3.63, 3.8) is 0 Å². The minimum Gasteiger partial charge on any atom is -0.475 e. The van der Waals surface area contributed by atoms with Crippen molar-refractivity contribution in [1.29, 1.82) is 0 Å². The van der Waals surface area contributed by atoms with Crippen molar-refractivity contribution in [2.45, 2.75) is 81.3 Å². The lowest BCUT2D eigenvalue weighted by Gasteiger charge is -2.42. The number of carboxylic acid groups (broad SMARTS) is 1. The molecular formula is C27H37F3N2O4. The van der Waals surface area contributed by atoms with Crippen LogP contribution in [0.4, 0.5) is 13.2 Å². The molecule has 1 aromatic carbocycles. The number of benzene rings is 1. The van der Waals surface area contributed by atoms with Gasteiger partial charge in [-0.15, -0.1) is 0 Å². The van der Waals surface area contributed by atoms with Crippen LogP contribution in [0, 0.1) is 5.92 Å². The molecular weight excluding hydrogens is 473 g/mol. The first-order valence-corrected chi connectivity index (χ1v) is 13.2. The number of likely N-dealkylation sites (tertiary alicyclic amines) is 1. The number of halogens is 3. The summed E-state index contributed by atoms with van der Waals surface area (Å²) in [5.74, 6) is -1.28. The monoisotopic (exact) mass is 510 g/mol. The third-order valence-electron chi connectivity index (χ3n) is 8.42. The molecule has 5 rings (SSSR count). The molecule has 2 aliphatic heterocycles. The zero-order chi connectivity index (χ0) is 25.8. The van der Waals surface area contributed by atoms with Gasteiger partial charge in [-0.3, -0.25) is 4.79 Å². The fourth-order valence-corrected chi connectivity index (χ4v) is 6.20. The third kappa shape index (κ3) is 6.59. The van der Waals surface area contributed by atoms with Crippen LogP contribution in [0.25, 0.3) is 0 Å². The summed E-state index contributed by atoms with van der Waals surface area (Å²) in [6, 6.07) is 9.45. The fraction of sp³-hybridized carbons (Fsp3) is 0.704. The number of hydrogen-bond acceptors (Lipinski definition) is 4. The van der Waals surface area contributed by atoms with E-state index in [1.807, 2.05) is 0 Å². The molecule has 2 saturated heterocycles. The summed E-state index contributed by atoms with van der Waals surface area (Å²) in [7, 11) is 0. The van der Waals surface area contributed by atoms with Crippen LogP contribution in [0.3, 0.4) is 0 Å². The van der Waals surface area contributed by atoms with Crippen LogP contribution in [0.2, 0.25) is 0 Å². The summed E-state index contributed by atoms with van der Waals surface area (Å²) < 4.78 is 37.3. The number of aliphatic carboxylic acids is 1. The SMILES string of the molecule is O=C(CC1CC2(CCN(CC3CCOCC3)CC2)c2ccccc21)NC1CCC1.O=C(O)C(F)(F)F. The number of ether oxygens (including phenoxy) is 1. The van der Waals surface area contributed by atoms with E-state index in [2.05, 4.69) is 34.5 Å². The minimum atomic E-state index is -5.08. The van der Waals surface area contributed by atoms with Crippen LogP contribution in [-0.2, 0) is 19.7 Å². The maximum Gasteiger partial charge on any atom is 0.490 e. The van der Waals surface area contributed by atoms with Crippen LogP contribution in [-0.4, -0.2) is 66.9 Å². The van der Waals surface area contributed by atoms with E-state index in [9.17, 15) is 18.0 Å². The van der Waals surface area contributed by atoms with E-state index in [1.165, 1.54) is 70.1 Å². The van der Waals surface area contributed by atoms with E-state index < -0.39 is 12.1 Å². The summed E-state index contributed by atoms with van der Waals surface area (Å²) in [6.07, 6.45) is 5.29. The number of amides is 1. The Labute approximate surface area is 210 Å². The van der Waals surface area contributed by atoms with Crippen LogP contribution >= 0.6 is 0 Å². The van der Waals surface area contributed by atoms with Crippen LogP contribution in [0.15, 0.2) is 24.3 Å². The summed E-state index contributed by atoms with van der Waals surface area (Å²) in [5.41, 5.74) is 3.30. The summed E-state index contributed by atoms with van der Waals surface area (Å²) in [4.78, 5) is 24.2. The Morgan fingerprint density at radius 1 is 1.08 bits per heavy atom. The van der Waals surface area contributed by atoms with Gasteiger partial charge < -0.3 is 20.1 Å². The molecule has 9 heteroatoms. The number of piperidine rings is 1. The van der Waals surface area contributed by atoms with Crippen LogP contribution in [0.1, 0.15) is 74.8 Å². The van der Waals surface area contributed by atoms with Gasteiger partial charge in [-0.05, 0) is 92.8 Å². The number of carboxylic acids is 1. The largest absolute Gasteiger partial charge is 0.490 e. The lowest BCUT2D eigenvalue weighted by molar-refractivity contribution is -0.192. The molecule has 36 heavy (non-hydrogen) atoms. The number of fused-ring (bicyclic) bond motifs is 2. The molecule has 2 N–H and O–H groups in total. The third-order valence-corrected chi connectivity index (χ3v) is 8.42. The number of nitrogens with one attached hydrogen (secondary N) is 1. The fourth-order valence-electron chi connectivity index (χ4n) is 6.20. The van der Waals surface area contributed by atoms with Crippen molar-refractivity contribution in [2.24, 2.45) is 5.92 Å². The van der Waals surface area contributed by atoms with Crippen molar-refractivity contribution in [3.05, 3.63) is 35.4 Å². The highest BCUT2D eigenvalue weighted by molar-refractivity contribution is 5.77. The molecule has 0 radical (unpaired) electrons. The van der Waals surface area contributed by atoms with E-state index in [0.29, 0.717) is 23.8 Å². The van der Waals surface area contributed by atoms with Crippen LogP contribution < -0.4 is 5.32 Å². The molecule has 1 atom stereocenters. The van der Waals surface area contributed by atoms with Gasteiger partial charge >= 0.3 is 12.1 Å². The predicted octanol–water partition coefficient (Wildman–Crippen LogP) is 4.63. The van der Waals surface area contributed by atoms with Crippen molar-refractivity contribution in [3.8, 4) is 0 Å². The van der Waals surface area contributed by atoms with Gasteiger partial charge in [0.1, 0.15) is 0 Å². The van der Waals surface area contributed by atoms with Crippen LogP contribution in [0.5, 0.6) is 0 Å². The highest BCUT2D eigenvalue weighted by Gasteiger charge is 2.45. The molecule has 2 heterocycles. The second-order valence-corrected chi connectivity index (χ2v) is 10.8. The minimum absolute atomic E-state index is 0.267. The number of carbonyl (C=O) groups excluding carboxylic acids is 1. The standard InChI is InChI=1S/C25H36N2O2.C2HF3O2/c28-24(26-21-4-3-5-21)16-20-17-25(23-7-2-1-6-22(20)23)10-12-27(13-11-25)18-19-8-14-29-15-9-19;3-2(4,5)1(6)7/h1-2,6-7,19-21H,3-5,8-18H2,(H,26,28);(H,6,7). The van der Waals surface area contributed by atoms with E-state index in [-0.39, 0.29) is 5.91 Å². The van der Waals surface area contributed by atoms with Crippen molar-refractivity contribution in [1.82, 2.24) is 10.2 Å². The van der Waals surface area contributed by atoms with Gasteiger partial charge in [0.25, 0.3) is 0 Å². The molecule has 4 aliphatic rings. The second-order valence-electron chi connectivity index (χ2n) is 10.8. The van der Waals surface area contributed by atoms with Gasteiger partial charge in [0.05, 0.1) is 0 Å². The van der Waals surface area contributed by atoms with Crippen molar-refractivity contribution in [2.75, 3.05) is 32.8 Å². The average molecular weight is 511 g/mol. The first-order valence-electron chi connectivity index (χ1n) is 13.2. The molecule has 1 amide bonds. The Balaban J connectivity index is 0.000000384. The molecule has 1 unspecified atom stereocenters. The summed E-state index contributed by atoms with van der Waals surface area (Å²) in [5, 5.41) is 10.4. The molecule has 1 aromatic rings. The lowest BCUT2D eigenvalue weighted by Crippen LogP contribution is -2.44. The van der Waals surface area contributed by atoms with E-state index in [0.717, 1.165) is 25.6 Å². The Kier molecular flexibility index (Phi) is 8.60. The van der Waals surface area contributed by atoms with Gasteiger partial charge in [-0.25, -0.2) is 4.79 Å². The van der Waals surface area contributed by atoms with Gasteiger partial charge in [-0.1, -0.05) is 24.3 Å². The number of hydrogen-bond donors (Lipinski definition) is 2. The number of alkyl halides is 3. The van der Waals surface area contributed by atoms with Crippen molar-refractivity contribution < 1.29 is 32.6 Å². The molecule has 0 aromatic heterocycles. The molecule has 200 valence electrons. The predicted molar refractivity (Wildman–Crippen MR) is 129 cm³/mol. The second kappa shape index (κ2) is 11.5. The van der Waals surface area contributed by atoms with Crippen molar-refractivity contribution >= 4 is 11.9 Å². The molecule has 0 bridgehead atoms. The quantitative estimate of drug-likeness (QED) is 0.604. The Hall–Kier alpha value is -2.13. The summed E-state index contributed by atoms with van der Waals surface area (Å²) in [6.45, 7) is 5.54. The zero-order valence-electron chi connectivity index (χ0n) is 20.7. The Morgan fingerprint density at radius 3 is 2.31 bits per heavy atom. The first-order chi connectivity index (χ1) is 17.2. The van der Waals surface area contributed by atoms with Gasteiger partial charge in [0.2, 0.25) is 5.91 Å². The topological polar surface area (TPSA) is 78.9 Å². The maximum absolute atomic E-state index is 12.6. The number of nitrogens with zero attached hydrogens (tertiary/aromatic N) is 1. The van der Waals surface area contributed by atoms with Gasteiger partial charge in [0.15, 0.2) is 0 Å². The average Bonchev–Trinajstić information content (AvgIpc) is 3.11. The van der Waals surface area contributed by atoms with E-state index in [1.54, 1.807) is 5.56 Å². The highest BCUT2D eigenvalue weighted by Crippen LogP contribution is 2.52. The first kappa shape index (κ1) is 26.9. The van der Waals surface area contributed by atoms with E-state index in [4.69, 9.17) is 14.6 Å². The highest BCUT2D eigenvalue weighted by atomic mass is 19.4. The molecule has 3 fully saturated rings. The zero-order valence-corrected chi connectivity index (χ0v) is 20.7. The van der Waals surface area contributed by atoms with Gasteiger partial charge in [-0.2, -0.15) is 13.2 Å². The van der Waals surface area contributed by atoms with Gasteiger partial charge in [0, 0.05) is 32.2 Å². The Bertz CT molecular complexity index is 905. The smallest absolute Gasteiger partial charge is 0.475 e. The number of carbonyl (C=O) groups is 2. The molecule has 2 aliphatic carbocycles. The molecule has 6 nitrogen and oxygen atoms in total. The molecule has 1 spiro atoms. The van der Waals surface area contributed by atoms with E-state index >= 15 is 0 Å². The summed E-state index contributed by atoms with van der Waals surface area (Å²) >= 11 is 0. The normalized spacial score (nSPS) is 24.4.